The van der Waals surface area contributed by atoms with Crippen LogP contribution in [-0.4, -0.2) is 30.1 Å². The third-order valence-corrected chi connectivity index (χ3v) is 4.58. The van der Waals surface area contributed by atoms with E-state index >= 15 is 0 Å². The standard InChI is InChI=1S/C20H25N5O4/c1-4-6-11-25-17-16(18(26)23-20(25)28)24(10-5-2)15(22-17)12-29-19(27)14-9-7-8-13(3)21-14/h7-9H,4-6,10-12H2,1-3H3,(H,23,26,28). The maximum Gasteiger partial charge on any atom is 0.357 e. The Morgan fingerprint density at radius 2 is 1.90 bits per heavy atom. The minimum Gasteiger partial charge on any atom is -0.453 e. The lowest BCUT2D eigenvalue weighted by Gasteiger charge is -2.08. The monoisotopic (exact) mass is 399 g/mol. The van der Waals surface area contributed by atoms with E-state index in [-0.39, 0.29) is 12.3 Å². The van der Waals surface area contributed by atoms with Gasteiger partial charge in [0.25, 0.3) is 5.56 Å². The van der Waals surface area contributed by atoms with Gasteiger partial charge in [0.1, 0.15) is 18.1 Å². The third-order valence-electron chi connectivity index (χ3n) is 4.58. The zero-order valence-corrected chi connectivity index (χ0v) is 16.9. The van der Waals surface area contributed by atoms with E-state index in [4.69, 9.17) is 4.74 Å². The smallest absolute Gasteiger partial charge is 0.357 e. The Bertz CT molecular complexity index is 1140. The van der Waals surface area contributed by atoms with Crippen molar-refractivity contribution in [2.45, 2.75) is 59.7 Å². The molecule has 29 heavy (non-hydrogen) atoms. The maximum atomic E-state index is 12.5. The summed E-state index contributed by atoms with van der Waals surface area (Å²) in [6.07, 6.45) is 2.43. The molecule has 3 aromatic heterocycles. The fourth-order valence-electron chi connectivity index (χ4n) is 3.18. The number of unbranched alkanes of at least 4 members (excludes halogenated alkanes) is 1. The lowest BCUT2D eigenvalue weighted by Crippen LogP contribution is -2.31. The van der Waals surface area contributed by atoms with Crippen molar-refractivity contribution in [3.8, 4) is 0 Å². The molecule has 0 amide bonds. The molecule has 0 atom stereocenters. The molecule has 3 rings (SSSR count). The number of pyridine rings is 1. The highest BCUT2D eigenvalue weighted by Crippen LogP contribution is 2.14. The van der Waals surface area contributed by atoms with Crippen LogP contribution in [-0.2, 0) is 24.4 Å². The van der Waals surface area contributed by atoms with Gasteiger partial charge in [-0.2, -0.15) is 0 Å². The topological polar surface area (TPSA) is 112 Å². The summed E-state index contributed by atoms with van der Waals surface area (Å²) in [6.45, 7) is 6.64. The van der Waals surface area contributed by atoms with E-state index in [2.05, 4.69) is 15.0 Å². The Labute approximate surface area is 167 Å². The van der Waals surface area contributed by atoms with Gasteiger partial charge in [-0.05, 0) is 31.9 Å². The lowest BCUT2D eigenvalue weighted by molar-refractivity contribution is 0.0451. The Morgan fingerprint density at radius 1 is 1.10 bits per heavy atom. The molecule has 0 saturated carbocycles. The molecule has 0 radical (unpaired) electrons. The number of imidazole rings is 1. The van der Waals surface area contributed by atoms with Gasteiger partial charge in [-0.25, -0.2) is 19.6 Å². The molecule has 0 unspecified atom stereocenters. The van der Waals surface area contributed by atoms with Crippen molar-refractivity contribution in [1.29, 1.82) is 0 Å². The van der Waals surface area contributed by atoms with Gasteiger partial charge in [-0.3, -0.25) is 14.3 Å². The van der Waals surface area contributed by atoms with Gasteiger partial charge in [0.05, 0.1) is 0 Å². The van der Waals surface area contributed by atoms with Crippen LogP contribution in [0.3, 0.4) is 0 Å². The maximum absolute atomic E-state index is 12.5. The number of carbonyl (C=O) groups excluding carboxylic acids is 1. The number of H-pyrrole nitrogens is 1. The number of esters is 1. The summed E-state index contributed by atoms with van der Waals surface area (Å²) in [5.41, 5.74) is 0.592. The Balaban J connectivity index is 1.99. The summed E-state index contributed by atoms with van der Waals surface area (Å²) in [4.78, 5) is 48.1. The largest absolute Gasteiger partial charge is 0.453 e. The van der Waals surface area contributed by atoms with Crippen LogP contribution in [0.5, 0.6) is 0 Å². The van der Waals surface area contributed by atoms with Crippen molar-refractivity contribution in [2.24, 2.45) is 0 Å². The number of aromatic nitrogens is 5. The first-order valence-corrected chi connectivity index (χ1v) is 9.79. The highest BCUT2D eigenvalue weighted by atomic mass is 16.5. The van der Waals surface area contributed by atoms with Crippen LogP contribution in [0.25, 0.3) is 11.2 Å². The highest BCUT2D eigenvalue weighted by Gasteiger charge is 2.19. The van der Waals surface area contributed by atoms with E-state index in [1.807, 2.05) is 13.8 Å². The molecule has 0 saturated heterocycles. The molecule has 0 aromatic carbocycles. The molecular formula is C20H25N5O4. The molecule has 0 bridgehead atoms. The number of aryl methyl sites for hydroxylation is 3. The number of hydrogen-bond acceptors (Lipinski definition) is 6. The summed E-state index contributed by atoms with van der Waals surface area (Å²) in [5, 5.41) is 0. The Kier molecular flexibility index (Phi) is 6.26. The quantitative estimate of drug-likeness (QED) is 0.581. The van der Waals surface area contributed by atoms with E-state index in [0.717, 1.165) is 19.3 Å². The minimum atomic E-state index is -0.568. The molecule has 154 valence electrons. The number of fused-ring (bicyclic) bond motifs is 1. The SMILES string of the molecule is CCCCn1c(=O)[nH]c(=O)c2c1nc(COC(=O)c1cccc(C)n1)n2CCC. The van der Waals surface area contributed by atoms with Gasteiger partial charge < -0.3 is 9.30 Å². The molecule has 9 nitrogen and oxygen atoms in total. The van der Waals surface area contributed by atoms with Gasteiger partial charge in [0.15, 0.2) is 11.2 Å². The highest BCUT2D eigenvalue weighted by molar-refractivity contribution is 5.87. The van der Waals surface area contributed by atoms with E-state index < -0.39 is 17.2 Å². The van der Waals surface area contributed by atoms with Gasteiger partial charge in [-0.1, -0.05) is 26.3 Å². The van der Waals surface area contributed by atoms with Crippen LogP contribution in [0.1, 0.15) is 55.1 Å². The van der Waals surface area contributed by atoms with E-state index in [9.17, 15) is 14.4 Å². The van der Waals surface area contributed by atoms with Crippen molar-refractivity contribution in [2.75, 3.05) is 0 Å². The minimum absolute atomic E-state index is 0.120. The van der Waals surface area contributed by atoms with Crippen molar-refractivity contribution >= 4 is 17.1 Å². The fourth-order valence-corrected chi connectivity index (χ4v) is 3.18. The predicted molar refractivity (Wildman–Crippen MR) is 108 cm³/mol. The van der Waals surface area contributed by atoms with Gasteiger partial charge in [0, 0.05) is 18.8 Å². The zero-order chi connectivity index (χ0) is 21.0. The molecule has 0 fully saturated rings. The normalized spacial score (nSPS) is 11.1. The van der Waals surface area contributed by atoms with Gasteiger partial charge in [0.2, 0.25) is 0 Å². The molecule has 1 N–H and O–H groups in total. The van der Waals surface area contributed by atoms with Crippen LogP contribution in [0.4, 0.5) is 0 Å². The first-order valence-electron chi connectivity index (χ1n) is 9.79. The van der Waals surface area contributed by atoms with Crippen LogP contribution in [0.15, 0.2) is 27.8 Å². The average Bonchev–Trinajstić information content (AvgIpc) is 3.05. The summed E-state index contributed by atoms with van der Waals surface area (Å²) >= 11 is 0. The Hall–Kier alpha value is -3.23. The molecule has 0 aliphatic carbocycles. The van der Waals surface area contributed by atoms with Gasteiger partial charge >= 0.3 is 11.7 Å². The summed E-state index contributed by atoms with van der Waals surface area (Å²) in [7, 11) is 0. The second-order valence-corrected chi connectivity index (χ2v) is 6.86. The second kappa shape index (κ2) is 8.85. The zero-order valence-electron chi connectivity index (χ0n) is 16.9. The Morgan fingerprint density at radius 3 is 2.59 bits per heavy atom. The number of rotatable bonds is 8. The van der Waals surface area contributed by atoms with E-state index in [0.29, 0.717) is 35.8 Å². The van der Waals surface area contributed by atoms with Crippen molar-refractivity contribution in [3.63, 3.8) is 0 Å². The van der Waals surface area contributed by atoms with Crippen LogP contribution < -0.4 is 11.2 Å². The van der Waals surface area contributed by atoms with Gasteiger partial charge in [-0.15, -0.1) is 0 Å². The molecule has 3 aromatic rings. The van der Waals surface area contributed by atoms with E-state index in [1.165, 1.54) is 4.57 Å². The van der Waals surface area contributed by atoms with Crippen LogP contribution >= 0.6 is 0 Å². The molecular weight excluding hydrogens is 374 g/mol. The number of nitrogens with zero attached hydrogens (tertiary/aromatic N) is 4. The van der Waals surface area contributed by atoms with Crippen molar-refractivity contribution in [1.82, 2.24) is 24.1 Å². The average molecular weight is 399 g/mol. The molecule has 9 heteroatoms. The van der Waals surface area contributed by atoms with Crippen LogP contribution in [0.2, 0.25) is 0 Å². The first kappa shape index (κ1) is 20.5. The number of nitrogens with one attached hydrogen (secondary N) is 1. The molecule has 0 spiro atoms. The van der Waals surface area contributed by atoms with Crippen LogP contribution in [0, 0.1) is 6.92 Å². The molecule has 0 aliphatic heterocycles. The van der Waals surface area contributed by atoms with E-state index in [1.54, 1.807) is 29.7 Å². The first-order chi connectivity index (χ1) is 14.0. The summed E-state index contributed by atoms with van der Waals surface area (Å²) in [6, 6.07) is 5.11. The van der Waals surface area contributed by atoms with Crippen molar-refractivity contribution in [3.05, 3.63) is 56.2 Å². The number of ether oxygens (including phenoxy) is 1. The van der Waals surface area contributed by atoms with Crippen molar-refractivity contribution < 1.29 is 9.53 Å². The lowest BCUT2D eigenvalue weighted by atomic mass is 10.3. The molecule has 3 heterocycles. The summed E-state index contributed by atoms with van der Waals surface area (Å²) < 4.78 is 8.58. The molecule has 0 aliphatic rings. The number of hydrogen-bond donors (Lipinski definition) is 1. The summed E-state index contributed by atoms with van der Waals surface area (Å²) in [5.74, 6) is -0.148. The predicted octanol–water partition coefficient (Wildman–Crippen LogP) is 2.16. The number of carbonyl (C=O) groups is 1. The third kappa shape index (κ3) is 4.28. The number of aromatic amines is 1. The fraction of sp³-hybridized carbons (Fsp3) is 0.450. The second-order valence-electron chi connectivity index (χ2n) is 6.86.